The summed E-state index contributed by atoms with van der Waals surface area (Å²) in [5.41, 5.74) is 4.94. The largest absolute Gasteiger partial charge is 0.351 e. The van der Waals surface area contributed by atoms with Crippen LogP contribution < -0.4 is 5.32 Å². The van der Waals surface area contributed by atoms with Gasteiger partial charge in [0.2, 0.25) is 0 Å². The standard InChI is InChI=1S/C22H16N4O/c27-22(20-12-15-8-4-5-9-17(15)24-20)23-16-10-11-18-19(13-16)26-21(25-18)14-6-2-1-3-7-14/h1-13,24H,(H,23,27)(H,25,26). The van der Waals surface area contributed by atoms with Crippen LogP contribution in [0.1, 0.15) is 10.5 Å². The summed E-state index contributed by atoms with van der Waals surface area (Å²) < 4.78 is 0. The molecule has 0 aliphatic rings. The maximum absolute atomic E-state index is 12.6. The van der Waals surface area contributed by atoms with Crippen LogP contribution in [-0.4, -0.2) is 20.9 Å². The molecule has 0 saturated heterocycles. The van der Waals surface area contributed by atoms with E-state index >= 15 is 0 Å². The molecule has 5 nitrogen and oxygen atoms in total. The topological polar surface area (TPSA) is 73.6 Å². The van der Waals surface area contributed by atoms with Crippen molar-refractivity contribution in [2.75, 3.05) is 5.32 Å². The fourth-order valence-corrected chi connectivity index (χ4v) is 3.21. The lowest BCUT2D eigenvalue weighted by atomic mass is 10.2. The molecular formula is C22H16N4O. The van der Waals surface area contributed by atoms with Crippen LogP contribution in [-0.2, 0) is 0 Å². The van der Waals surface area contributed by atoms with Crippen LogP contribution in [0.4, 0.5) is 5.69 Å². The lowest BCUT2D eigenvalue weighted by Gasteiger charge is -2.03. The van der Waals surface area contributed by atoms with Gasteiger partial charge in [-0.05, 0) is 30.3 Å². The van der Waals surface area contributed by atoms with E-state index in [-0.39, 0.29) is 5.91 Å². The number of aromatic nitrogens is 3. The summed E-state index contributed by atoms with van der Waals surface area (Å²) in [6.45, 7) is 0. The molecule has 3 N–H and O–H groups in total. The summed E-state index contributed by atoms with van der Waals surface area (Å²) in [6, 6.07) is 25.3. The summed E-state index contributed by atoms with van der Waals surface area (Å²) in [7, 11) is 0. The van der Waals surface area contributed by atoms with Crippen molar-refractivity contribution >= 4 is 33.5 Å². The third kappa shape index (κ3) is 2.85. The van der Waals surface area contributed by atoms with E-state index in [1.54, 1.807) is 0 Å². The molecule has 0 aliphatic carbocycles. The molecular weight excluding hydrogens is 336 g/mol. The maximum atomic E-state index is 12.6. The SMILES string of the molecule is O=C(Nc1ccc2[nH]c(-c3ccccc3)nc2c1)c1cc2ccccc2[nH]1. The average Bonchev–Trinajstić information content (AvgIpc) is 3.32. The van der Waals surface area contributed by atoms with E-state index in [1.165, 1.54) is 0 Å². The van der Waals surface area contributed by atoms with Gasteiger partial charge in [-0.1, -0.05) is 48.5 Å². The number of carbonyl (C=O) groups excluding carboxylic acids is 1. The van der Waals surface area contributed by atoms with Crippen LogP contribution >= 0.6 is 0 Å². The maximum Gasteiger partial charge on any atom is 0.272 e. The van der Waals surface area contributed by atoms with Crippen molar-refractivity contribution in [3.8, 4) is 11.4 Å². The Morgan fingerprint density at radius 2 is 1.63 bits per heavy atom. The first-order chi connectivity index (χ1) is 13.3. The second-order valence-electron chi connectivity index (χ2n) is 6.41. The Balaban J connectivity index is 1.43. The van der Waals surface area contributed by atoms with Gasteiger partial charge < -0.3 is 15.3 Å². The fraction of sp³-hybridized carbons (Fsp3) is 0. The Morgan fingerprint density at radius 3 is 2.48 bits per heavy atom. The molecule has 5 heteroatoms. The molecule has 0 radical (unpaired) electrons. The van der Waals surface area contributed by atoms with Gasteiger partial charge in [0.25, 0.3) is 5.91 Å². The number of carbonyl (C=O) groups is 1. The molecule has 0 fully saturated rings. The number of imidazole rings is 1. The highest BCUT2D eigenvalue weighted by molar-refractivity contribution is 6.06. The quantitative estimate of drug-likeness (QED) is 0.429. The van der Waals surface area contributed by atoms with Gasteiger partial charge in [0.15, 0.2) is 0 Å². The summed E-state index contributed by atoms with van der Waals surface area (Å²) in [5, 5.41) is 3.95. The number of nitrogens with one attached hydrogen (secondary N) is 3. The zero-order valence-electron chi connectivity index (χ0n) is 14.4. The average molecular weight is 352 g/mol. The number of para-hydroxylation sites is 1. The first-order valence-corrected chi connectivity index (χ1v) is 8.70. The highest BCUT2D eigenvalue weighted by atomic mass is 16.1. The van der Waals surface area contributed by atoms with Crippen molar-refractivity contribution in [1.82, 2.24) is 15.0 Å². The number of fused-ring (bicyclic) bond motifs is 2. The van der Waals surface area contributed by atoms with Gasteiger partial charge in [-0.15, -0.1) is 0 Å². The second kappa shape index (κ2) is 6.14. The van der Waals surface area contributed by atoms with Crippen LogP contribution in [0.15, 0.2) is 78.9 Å². The molecule has 5 aromatic rings. The van der Waals surface area contributed by atoms with Gasteiger partial charge in [-0.2, -0.15) is 0 Å². The van der Waals surface area contributed by atoms with E-state index in [1.807, 2.05) is 78.9 Å². The fourth-order valence-electron chi connectivity index (χ4n) is 3.21. The zero-order chi connectivity index (χ0) is 18.2. The van der Waals surface area contributed by atoms with Crippen LogP contribution in [0.2, 0.25) is 0 Å². The van der Waals surface area contributed by atoms with Gasteiger partial charge >= 0.3 is 0 Å². The lowest BCUT2D eigenvalue weighted by molar-refractivity contribution is 0.102. The summed E-state index contributed by atoms with van der Waals surface area (Å²) in [5.74, 6) is 0.633. The van der Waals surface area contributed by atoms with Gasteiger partial charge in [-0.3, -0.25) is 4.79 Å². The van der Waals surface area contributed by atoms with E-state index in [4.69, 9.17) is 0 Å². The molecule has 1 amide bonds. The predicted molar refractivity (Wildman–Crippen MR) is 108 cm³/mol. The van der Waals surface area contributed by atoms with Gasteiger partial charge in [-0.25, -0.2) is 4.98 Å². The molecule has 27 heavy (non-hydrogen) atoms. The first kappa shape index (κ1) is 15.4. The Morgan fingerprint density at radius 1 is 0.815 bits per heavy atom. The van der Waals surface area contributed by atoms with E-state index < -0.39 is 0 Å². The number of aromatic amines is 2. The van der Waals surface area contributed by atoms with Crippen molar-refractivity contribution in [3.05, 3.63) is 84.6 Å². The van der Waals surface area contributed by atoms with Gasteiger partial charge in [0.1, 0.15) is 11.5 Å². The number of nitrogens with zero attached hydrogens (tertiary/aromatic N) is 1. The number of benzene rings is 3. The summed E-state index contributed by atoms with van der Waals surface area (Å²) >= 11 is 0. The highest BCUT2D eigenvalue weighted by Gasteiger charge is 2.11. The normalized spacial score (nSPS) is 11.1. The number of rotatable bonds is 3. The monoisotopic (exact) mass is 352 g/mol. The molecule has 2 aromatic heterocycles. The lowest BCUT2D eigenvalue weighted by Crippen LogP contribution is -2.12. The molecule has 2 heterocycles. The molecule has 0 unspecified atom stereocenters. The molecule has 0 atom stereocenters. The molecule has 3 aromatic carbocycles. The summed E-state index contributed by atoms with van der Waals surface area (Å²) in [6.07, 6.45) is 0. The number of hydrogen-bond donors (Lipinski definition) is 3. The number of amides is 1. The summed E-state index contributed by atoms with van der Waals surface area (Å²) in [4.78, 5) is 23.7. The van der Waals surface area contributed by atoms with Crippen LogP contribution in [0, 0.1) is 0 Å². The van der Waals surface area contributed by atoms with E-state index in [0.29, 0.717) is 11.4 Å². The molecule has 5 rings (SSSR count). The van der Waals surface area contributed by atoms with Crippen molar-refractivity contribution in [2.45, 2.75) is 0 Å². The Labute approximate surface area is 155 Å². The van der Waals surface area contributed by atoms with E-state index in [9.17, 15) is 4.79 Å². The minimum atomic E-state index is -0.177. The smallest absolute Gasteiger partial charge is 0.272 e. The van der Waals surface area contributed by atoms with Crippen molar-refractivity contribution in [3.63, 3.8) is 0 Å². The van der Waals surface area contributed by atoms with E-state index in [2.05, 4.69) is 20.3 Å². The number of anilines is 1. The van der Waals surface area contributed by atoms with Crippen LogP contribution in [0.3, 0.4) is 0 Å². The van der Waals surface area contributed by atoms with E-state index in [0.717, 1.165) is 33.3 Å². The minimum Gasteiger partial charge on any atom is -0.351 e. The van der Waals surface area contributed by atoms with Crippen molar-refractivity contribution < 1.29 is 4.79 Å². The highest BCUT2D eigenvalue weighted by Crippen LogP contribution is 2.23. The molecule has 130 valence electrons. The van der Waals surface area contributed by atoms with Crippen molar-refractivity contribution in [2.24, 2.45) is 0 Å². The predicted octanol–water partition coefficient (Wildman–Crippen LogP) is 4.96. The molecule has 0 bridgehead atoms. The zero-order valence-corrected chi connectivity index (χ0v) is 14.4. The van der Waals surface area contributed by atoms with Crippen molar-refractivity contribution in [1.29, 1.82) is 0 Å². The molecule has 0 saturated carbocycles. The van der Waals surface area contributed by atoms with Crippen LogP contribution in [0.5, 0.6) is 0 Å². The van der Waals surface area contributed by atoms with Gasteiger partial charge in [0.05, 0.1) is 11.0 Å². The third-order valence-electron chi connectivity index (χ3n) is 4.56. The Bertz CT molecular complexity index is 1230. The third-order valence-corrected chi connectivity index (χ3v) is 4.56. The first-order valence-electron chi connectivity index (χ1n) is 8.70. The van der Waals surface area contributed by atoms with Gasteiger partial charge in [0, 0.05) is 22.2 Å². The Hall–Kier alpha value is -3.86. The second-order valence-corrected chi connectivity index (χ2v) is 6.41. The molecule has 0 aliphatic heterocycles. The molecule has 0 spiro atoms. The number of H-pyrrole nitrogens is 2. The van der Waals surface area contributed by atoms with Crippen LogP contribution in [0.25, 0.3) is 33.3 Å². The number of hydrogen-bond acceptors (Lipinski definition) is 2. The Kier molecular flexibility index (Phi) is 3.50. The minimum absolute atomic E-state index is 0.177.